The number of aliphatic hydroxyl groups excluding tert-OH is 1. The Morgan fingerprint density at radius 2 is 1.31 bits per heavy atom. The minimum absolute atomic E-state index is 0.451. The molecule has 4 atom stereocenters. The molecule has 3 N–H and O–H groups in total. The van der Waals surface area contributed by atoms with E-state index in [9.17, 15) is 19.5 Å². The number of esters is 2. The lowest BCUT2D eigenvalue weighted by atomic mass is 10.1. The van der Waals surface area contributed by atoms with Crippen LogP contribution >= 0.6 is 0 Å². The summed E-state index contributed by atoms with van der Waals surface area (Å²) >= 11 is 0. The third-order valence-corrected chi connectivity index (χ3v) is 5.70. The highest BCUT2D eigenvalue weighted by atomic mass is 16.6. The molecular formula is C33H54N2O7. The number of carbonyl (C=O) groups is 3. The summed E-state index contributed by atoms with van der Waals surface area (Å²) in [5.74, 6) is -1.46. The first kappa shape index (κ1) is 38.8. The summed E-state index contributed by atoms with van der Waals surface area (Å²) in [7, 11) is 1.17. The third-order valence-electron chi connectivity index (χ3n) is 5.70. The van der Waals surface area contributed by atoms with Gasteiger partial charge in [-0.05, 0) is 86.0 Å². The van der Waals surface area contributed by atoms with E-state index in [0.717, 1.165) is 44.9 Å². The average molecular weight is 591 g/mol. The molecule has 1 unspecified atom stereocenters. The first-order valence-electron chi connectivity index (χ1n) is 14.9. The summed E-state index contributed by atoms with van der Waals surface area (Å²) in [6.07, 6.45) is 25.5. The van der Waals surface area contributed by atoms with Gasteiger partial charge in [-0.25, -0.2) is 9.59 Å². The molecular weight excluding hydrogens is 536 g/mol. The molecule has 0 aromatic rings. The number of hydrogen-bond donors (Lipinski definition) is 3. The van der Waals surface area contributed by atoms with Gasteiger partial charge < -0.3 is 24.6 Å². The van der Waals surface area contributed by atoms with E-state index in [-0.39, 0.29) is 0 Å². The van der Waals surface area contributed by atoms with Gasteiger partial charge in [0.25, 0.3) is 0 Å². The van der Waals surface area contributed by atoms with E-state index in [2.05, 4.69) is 78.3 Å². The summed E-state index contributed by atoms with van der Waals surface area (Å²) in [4.78, 5) is 36.8. The van der Waals surface area contributed by atoms with Crippen LogP contribution in [0.3, 0.4) is 0 Å². The molecule has 0 fully saturated rings. The molecule has 238 valence electrons. The van der Waals surface area contributed by atoms with Crippen molar-refractivity contribution in [2.24, 2.45) is 0 Å². The number of rotatable bonds is 20. The Labute approximate surface area is 253 Å². The minimum Gasteiger partial charge on any atom is -0.467 e. The van der Waals surface area contributed by atoms with E-state index in [1.165, 1.54) is 14.0 Å². The highest BCUT2D eigenvalue weighted by molar-refractivity contribution is 5.83. The van der Waals surface area contributed by atoms with Gasteiger partial charge in [0.15, 0.2) is 6.04 Å². The van der Waals surface area contributed by atoms with E-state index >= 15 is 0 Å². The number of methoxy groups -OCH3 is 1. The van der Waals surface area contributed by atoms with Gasteiger partial charge in [0.2, 0.25) is 0 Å². The largest absolute Gasteiger partial charge is 0.467 e. The zero-order chi connectivity index (χ0) is 31.8. The molecule has 0 aromatic carbocycles. The van der Waals surface area contributed by atoms with Crippen molar-refractivity contribution in [1.82, 2.24) is 10.6 Å². The van der Waals surface area contributed by atoms with Gasteiger partial charge in [0.1, 0.15) is 24.0 Å². The number of alkyl carbamates (subject to hydrolysis) is 1. The molecule has 0 aliphatic heterocycles. The normalized spacial score (nSPS) is 15.4. The van der Waals surface area contributed by atoms with Crippen LogP contribution in [0.4, 0.5) is 4.79 Å². The van der Waals surface area contributed by atoms with Crippen LogP contribution in [0, 0.1) is 0 Å². The third kappa shape index (κ3) is 21.6. The number of unbranched alkanes of at least 4 members (excludes halogenated alkanes) is 1. The first-order chi connectivity index (χ1) is 19.9. The van der Waals surface area contributed by atoms with E-state index < -0.39 is 48.0 Å². The van der Waals surface area contributed by atoms with Crippen molar-refractivity contribution < 1.29 is 33.7 Å². The minimum atomic E-state index is -1.26. The Kier molecular flexibility index (Phi) is 21.6. The molecule has 9 nitrogen and oxygen atoms in total. The quantitative estimate of drug-likeness (QED) is 0.0503. The van der Waals surface area contributed by atoms with Crippen LogP contribution in [0.15, 0.2) is 60.8 Å². The molecule has 0 spiro atoms. The van der Waals surface area contributed by atoms with Crippen molar-refractivity contribution in [3.63, 3.8) is 0 Å². The fourth-order valence-corrected chi connectivity index (χ4v) is 3.52. The van der Waals surface area contributed by atoms with E-state index in [4.69, 9.17) is 14.2 Å². The lowest BCUT2D eigenvalue weighted by Crippen LogP contribution is -2.52. The van der Waals surface area contributed by atoms with E-state index in [1.807, 2.05) is 0 Å². The number of nitrogens with one attached hydrogen (secondary N) is 2. The fraction of sp³-hybridized carbons (Fsp3) is 0.606. The van der Waals surface area contributed by atoms with Gasteiger partial charge >= 0.3 is 18.0 Å². The number of aliphatic hydroxyl groups is 1. The monoisotopic (exact) mass is 590 g/mol. The number of amides is 1. The highest BCUT2D eigenvalue weighted by Gasteiger charge is 2.33. The number of ether oxygens (including phenoxy) is 3. The topological polar surface area (TPSA) is 123 Å². The van der Waals surface area contributed by atoms with Crippen molar-refractivity contribution in [3.8, 4) is 0 Å². The molecule has 0 aromatic heterocycles. The van der Waals surface area contributed by atoms with E-state index in [0.29, 0.717) is 6.42 Å². The highest BCUT2D eigenvalue weighted by Crippen LogP contribution is 2.10. The van der Waals surface area contributed by atoms with Gasteiger partial charge in [-0.2, -0.15) is 0 Å². The molecule has 0 aliphatic carbocycles. The van der Waals surface area contributed by atoms with Crippen LogP contribution in [-0.2, 0) is 23.8 Å². The molecule has 9 heteroatoms. The maximum absolute atomic E-state index is 12.5. The van der Waals surface area contributed by atoms with Crippen LogP contribution in [0.1, 0.15) is 92.9 Å². The summed E-state index contributed by atoms with van der Waals surface area (Å²) in [6.45, 7) is 10.2. The van der Waals surface area contributed by atoms with Crippen LogP contribution in [0.2, 0.25) is 0 Å². The second-order valence-electron chi connectivity index (χ2n) is 10.8. The molecule has 0 saturated carbocycles. The molecule has 0 heterocycles. The van der Waals surface area contributed by atoms with Gasteiger partial charge in [0.05, 0.1) is 7.11 Å². The maximum atomic E-state index is 12.5. The second-order valence-corrected chi connectivity index (χ2v) is 10.8. The Morgan fingerprint density at radius 3 is 1.79 bits per heavy atom. The average Bonchev–Trinajstić information content (AvgIpc) is 2.91. The van der Waals surface area contributed by atoms with Crippen LogP contribution in [-0.4, -0.2) is 60.3 Å². The predicted octanol–water partition coefficient (Wildman–Crippen LogP) is 6.20. The lowest BCUT2D eigenvalue weighted by Gasteiger charge is -2.27. The van der Waals surface area contributed by atoms with Crippen LogP contribution < -0.4 is 10.6 Å². The van der Waals surface area contributed by atoms with Gasteiger partial charge in [-0.1, -0.05) is 67.7 Å². The smallest absolute Gasteiger partial charge is 0.408 e. The molecule has 0 aliphatic rings. The van der Waals surface area contributed by atoms with Gasteiger partial charge in [-0.3, -0.25) is 10.1 Å². The van der Waals surface area contributed by atoms with E-state index in [1.54, 1.807) is 27.7 Å². The zero-order valence-electron chi connectivity index (χ0n) is 26.6. The van der Waals surface area contributed by atoms with Crippen molar-refractivity contribution in [3.05, 3.63) is 60.8 Å². The maximum Gasteiger partial charge on any atom is 0.408 e. The summed E-state index contributed by atoms with van der Waals surface area (Å²) in [5.41, 5.74) is -0.771. The Hall–Kier alpha value is -3.17. The standard InChI is InChI=1S/C33H54N2O7/c1-8-9-10-11-12-13-14-15-16-17-18-19-20-21-22-23-24-25-28(36)34-26(2)30(37)41-27(3)29(31(38)40-7)35-32(39)42-33(4,5)6/h9-10,12-13,15-16,18-19,21-22,26-29,34,36H,8,11,14,17,20,23-25H2,1-7H3,(H,35,39)/b10-9-,13-12-,16-15-,19-18-,22-21-/t26-,27+,28?,29-/m0/s1. The van der Waals surface area contributed by atoms with Crippen molar-refractivity contribution in [2.75, 3.05) is 7.11 Å². The number of allylic oxidation sites excluding steroid dienone is 10. The Bertz CT molecular complexity index is 916. The number of carbonyl (C=O) groups excluding carboxylic acids is 3. The molecule has 1 amide bonds. The van der Waals surface area contributed by atoms with Crippen LogP contribution in [0.25, 0.3) is 0 Å². The molecule has 42 heavy (non-hydrogen) atoms. The second kappa shape index (κ2) is 23.4. The van der Waals surface area contributed by atoms with Crippen molar-refractivity contribution in [2.45, 2.75) is 123 Å². The van der Waals surface area contributed by atoms with Crippen molar-refractivity contribution >= 4 is 18.0 Å². The number of hydrogen-bond acceptors (Lipinski definition) is 8. The lowest BCUT2D eigenvalue weighted by molar-refractivity contribution is -0.158. The summed E-state index contributed by atoms with van der Waals surface area (Å²) in [6, 6.07) is -2.09. The van der Waals surface area contributed by atoms with Gasteiger partial charge in [-0.15, -0.1) is 0 Å². The summed E-state index contributed by atoms with van der Waals surface area (Å²) < 4.78 is 15.3. The van der Waals surface area contributed by atoms with Crippen LogP contribution in [0.5, 0.6) is 0 Å². The van der Waals surface area contributed by atoms with Gasteiger partial charge in [0, 0.05) is 0 Å². The molecule has 0 radical (unpaired) electrons. The Balaban J connectivity index is 4.29. The predicted molar refractivity (Wildman–Crippen MR) is 168 cm³/mol. The fourth-order valence-electron chi connectivity index (χ4n) is 3.52. The SMILES string of the molecule is CC/C=C\C/C=C\C/C=C\C/C=C\C/C=C\CCCC(O)N[C@@H](C)C(=O)O[C@H](C)[C@H](NC(=O)OC(C)(C)C)C(=O)OC. The van der Waals surface area contributed by atoms with Crippen molar-refractivity contribution in [1.29, 1.82) is 0 Å². The molecule has 0 rings (SSSR count). The summed E-state index contributed by atoms with van der Waals surface area (Å²) in [5, 5.41) is 15.5. The molecule has 0 bridgehead atoms. The first-order valence-corrected chi connectivity index (χ1v) is 14.9. The zero-order valence-corrected chi connectivity index (χ0v) is 26.6. The molecule has 0 saturated heterocycles. The Morgan fingerprint density at radius 1 is 0.810 bits per heavy atom.